The summed E-state index contributed by atoms with van der Waals surface area (Å²) in [5.41, 5.74) is 1.26. The zero-order chi connectivity index (χ0) is 13.5. The summed E-state index contributed by atoms with van der Waals surface area (Å²) in [6.07, 6.45) is 1.32. The molecule has 0 spiro atoms. The van der Waals surface area contributed by atoms with Crippen LogP contribution in [0.3, 0.4) is 0 Å². The Hall–Kier alpha value is -2.32. The first-order valence-electron chi connectivity index (χ1n) is 5.35. The summed E-state index contributed by atoms with van der Waals surface area (Å²) in [6.45, 7) is 0.587. The number of likely N-dealkylation sites (N-methyl/N-ethyl adjacent to an activating group) is 1. The predicted molar refractivity (Wildman–Crippen MR) is 68.0 cm³/mol. The molecule has 0 heterocycles. The second-order valence-electron chi connectivity index (χ2n) is 3.71. The van der Waals surface area contributed by atoms with Crippen LogP contribution in [0.25, 0.3) is 6.08 Å². The lowest BCUT2D eigenvalue weighted by Gasteiger charge is -2.17. The van der Waals surface area contributed by atoms with Gasteiger partial charge in [0.05, 0.1) is 6.61 Å². The predicted octanol–water partition coefficient (Wildman–Crippen LogP) is 1.11. The van der Waals surface area contributed by atoms with E-state index in [9.17, 15) is 4.79 Å². The molecule has 18 heavy (non-hydrogen) atoms. The lowest BCUT2D eigenvalue weighted by molar-refractivity contribution is -0.132. The van der Waals surface area contributed by atoms with Gasteiger partial charge in [0.25, 0.3) is 0 Å². The molecule has 0 saturated carbocycles. The highest BCUT2D eigenvalue weighted by Gasteiger charge is 2.05. The van der Waals surface area contributed by atoms with Crippen LogP contribution >= 0.6 is 0 Å². The second-order valence-corrected chi connectivity index (χ2v) is 3.71. The van der Waals surface area contributed by atoms with E-state index in [0.717, 1.165) is 5.69 Å². The maximum absolute atomic E-state index is 10.7. The summed E-state index contributed by atoms with van der Waals surface area (Å²) in [6, 6.07) is 8.68. The van der Waals surface area contributed by atoms with Gasteiger partial charge in [0.2, 0.25) is 0 Å². The molecule has 1 aromatic rings. The third-order valence-electron chi connectivity index (χ3n) is 2.43. The third-order valence-corrected chi connectivity index (χ3v) is 2.43. The number of anilines is 1. The third kappa shape index (κ3) is 3.61. The summed E-state index contributed by atoms with van der Waals surface area (Å²) in [5.74, 6) is -1.24. The number of hydrogen-bond donors (Lipinski definition) is 2. The highest BCUT2D eigenvalue weighted by atomic mass is 16.4. The highest BCUT2D eigenvalue weighted by molar-refractivity contribution is 5.96. The molecule has 0 aliphatic heterocycles. The monoisotopic (exact) mass is 246 g/mol. The molecular weight excluding hydrogens is 232 g/mol. The first kappa shape index (κ1) is 13.7. The van der Waals surface area contributed by atoms with E-state index < -0.39 is 5.97 Å². The van der Waals surface area contributed by atoms with Crippen LogP contribution in [0.15, 0.2) is 29.8 Å². The molecule has 0 radical (unpaired) electrons. The van der Waals surface area contributed by atoms with Gasteiger partial charge in [-0.3, -0.25) is 0 Å². The lowest BCUT2D eigenvalue weighted by atomic mass is 10.1. The Labute approximate surface area is 105 Å². The fourth-order valence-corrected chi connectivity index (χ4v) is 1.41. The number of carboxylic acid groups (broad SMARTS) is 1. The van der Waals surface area contributed by atoms with Crippen molar-refractivity contribution in [1.82, 2.24) is 0 Å². The van der Waals surface area contributed by atoms with Gasteiger partial charge in [-0.25, -0.2) is 4.79 Å². The molecule has 0 unspecified atom stereocenters. The Morgan fingerprint density at radius 1 is 1.44 bits per heavy atom. The Kier molecular flexibility index (Phi) is 4.90. The molecule has 0 aromatic heterocycles. The molecule has 0 aliphatic rings. The van der Waals surface area contributed by atoms with Gasteiger partial charge in [0.15, 0.2) is 0 Å². The van der Waals surface area contributed by atoms with Crippen molar-refractivity contribution < 1.29 is 15.0 Å². The Morgan fingerprint density at radius 2 is 2.06 bits per heavy atom. The lowest BCUT2D eigenvalue weighted by Crippen LogP contribution is -2.20. The SMILES string of the molecule is CN(CCO)c1ccc(/C=C(\C#N)C(=O)O)cc1. The van der Waals surface area contributed by atoms with Gasteiger partial charge >= 0.3 is 5.97 Å². The van der Waals surface area contributed by atoms with E-state index in [1.165, 1.54) is 6.08 Å². The van der Waals surface area contributed by atoms with Gasteiger partial charge in [-0.15, -0.1) is 0 Å². The molecule has 1 rings (SSSR count). The summed E-state index contributed by atoms with van der Waals surface area (Å²) < 4.78 is 0. The molecule has 5 heteroatoms. The normalized spacial score (nSPS) is 10.8. The van der Waals surface area contributed by atoms with Gasteiger partial charge in [-0.05, 0) is 23.8 Å². The smallest absolute Gasteiger partial charge is 0.346 e. The van der Waals surface area contributed by atoms with Gasteiger partial charge in [-0.2, -0.15) is 5.26 Å². The summed E-state index contributed by atoms with van der Waals surface area (Å²) in [7, 11) is 1.85. The van der Waals surface area contributed by atoms with Crippen molar-refractivity contribution in [2.45, 2.75) is 0 Å². The van der Waals surface area contributed by atoms with Crippen LogP contribution in [0.2, 0.25) is 0 Å². The molecule has 0 fully saturated rings. The quantitative estimate of drug-likeness (QED) is 0.600. The Balaban J connectivity index is 2.90. The summed E-state index contributed by atoms with van der Waals surface area (Å²) in [5, 5.41) is 26.2. The number of carboxylic acids is 1. The zero-order valence-corrected chi connectivity index (χ0v) is 10.00. The van der Waals surface area contributed by atoms with Crippen LogP contribution in [0.5, 0.6) is 0 Å². The first-order valence-corrected chi connectivity index (χ1v) is 5.35. The van der Waals surface area contributed by atoms with Crippen molar-refractivity contribution in [3.05, 3.63) is 35.4 Å². The van der Waals surface area contributed by atoms with E-state index in [0.29, 0.717) is 12.1 Å². The molecule has 0 aliphatic carbocycles. The van der Waals surface area contributed by atoms with Crippen LogP contribution in [0.1, 0.15) is 5.56 Å². The molecule has 2 N–H and O–H groups in total. The number of aliphatic carboxylic acids is 1. The minimum Gasteiger partial charge on any atom is -0.477 e. The van der Waals surface area contributed by atoms with Gasteiger partial charge in [0, 0.05) is 19.3 Å². The van der Waals surface area contributed by atoms with Crippen molar-refractivity contribution >= 4 is 17.7 Å². The summed E-state index contributed by atoms with van der Waals surface area (Å²) >= 11 is 0. The average molecular weight is 246 g/mol. The number of carbonyl (C=O) groups is 1. The van der Waals surface area contributed by atoms with Crippen LogP contribution in [-0.4, -0.2) is 36.4 Å². The highest BCUT2D eigenvalue weighted by Crippen LogP contribution is 2.15. The number of nitriles is 1. The van der Waals surface area contributed by atoms with Crippen LogP contribution in [-0.2, 0) is 4.79 Å². The van der Waals surface area contributed by atoms with E-state index in [4.69, 9.17) is 15.5 Å². The van der Waals surface area contributed by atoms with E-state index in [1.54, 1.807) is 30.3 Å². The largest absolute Gasteiger partial charge is 0.477 e. The maximum atomic E-state index is 10.7. The maximum Gasteiger partial charge on any atom is 0.346 e. The van der Waals surface area contributed by atoms with Gasteiger partial charge < -0.3 is 15.1 Å². The van der Waals surface area contributed by atoms with Crippen molar-refractivity contribution in [3.8, 4) is 6.07 Å². The van der Waals surface area contributed by atoms with E-state index >= 15 is 0 Å². The molecule has 0 amide bonds. The number of benzene rings is 1. The molecular formula is C13H14N2O3. The van der Waals surface area contributed by atoms with Gasteiger partial charge in [-0.1, -0.05) is 12.1 Å². The Bertz CT molecular complexity index is 486. The fraction of sp³-hybridized carbons (Fsp3) is 0.231. The van der Waals surface area contributed by atoms with Crippen LogP contribution in [0, 0.1) is 11.3 Å². The minimum atomic E-state index is -1.24. The number of aliphatic hydroxyl groups excluding tert-OH is 1. The van der Waals surface area contributed by atoms with E-state index in [1.807, 2.05) is 11.9 Å². The van der Waals surface area contributed by atoms with Crippen molar-refractivity contribution in [2.75, 3.05) is 25.1 Å². The number of aliphatic hydroxyl groups is 1. The average Bonchev–Trinajstić information content (AvgIpc) is 2.36. The fourth-order valence-electron chi connectivity index (χ4n) is 1.41. The first-order chi connectivity index (χ1) is 8.58. The van der Waals surface area contributed by atoms with Crippen LogP contribution < -0.4 is 4.90 Å². The number of hydrogen-bond acceptors (Lipinski definition) is 4. The van der Waals surface area contributed by atoms with E-state index in [-0.39, 0.29) is 12.2 Å². The minimum absolute atomic E-state index is 0.0652. The molecule has 1 aromatic carbocycles. The molecule has 94 valence electrons. The zero-order valence-electron chi connectivity index (χ0n) is 10.00. The molecule has 5 nitrogen and oxygen atoms in total. The molecule has 0 bridgehead atoms. The van der Waals surface area contributed by atoms with Crippen molar-refractivity contribution in [2.24, 2.45) is 0 Å². The summed E-state index contributed by atoms with van der Waals surface area (Å²) in [4.78, 5) is 12.5. The van der Waals surface area contributed by atoms with Crippen molar-refractivity contribution in [1.29, 1.82) is 5.26 Å². The standard InChI is InChI=1S/C13H14N2O3/c1-15(6-7-16)12-4-2-10(3-5-12)8-11(9-14)13(17)18/h2-5,8,16H,6-7H2,1H3,(H,17,18)/b11-8+. The van der Waals surface area contributed by atoms with Gasteiger partial charge in [0.1, 0.15) is 11.6 Å². The number of nitrogens with zero attached hydrogens (tertiary/aromatic N) is 2. The molecule has 0 saturated heterocycles. The Morgan fingerprint density at radius 3 is 2.50 bits per heavy atom. The van der Waals surface area contributed by atoms with Crippen molar-refractivity contribution in [3.63, 3.8) is 0 Å². The number of rotatable bonds is 5. The van der Waals surface area contributed by atoms with E-state index in [2.05, 4.69) is 0 Å². The topological polar surface area (TPSA) is 84.6 Å². The van der Waals surface area contributed by atoms with Crippen LogP contribution in [0.4, 0.5) is 5.69 Å². The second kappa shape index (κ2) is 6.42. The molecule has 0 atom stereocenters.